The Balaban J connectivity index is 1.51. The molecule has 5 heteroatoms. The van der Waals surface area contributed by atoms with Gasteiger partial charge in [-0.25, -0.2) is 4.98 Å². The SMILES string of the molecule is CCOC(=O)Cc1csc(NCC2Cc3ccccc32)n1. The van der Waals surface area contributed by atoms with Crippen LogP contribution >= 0.6 is 11.3 Å². The number of hydrogen-bond donors (Lipinski definition) is 1. The number of ether oxygens (including phenoxy) is 1. The average Bonchev–Trinajstić information content (AvgIpc) is 2.87. The van der Waals surface area contributed by atoms with E-state index in [1.54, 1.807) is 0 Å². The number of benzene rings is 1. The lowest BCUT2D eigenvalue weighted by molar-refractivity contribution is -0.142. The molecule has 0 saturated carbocycles. The number of carbonyl (C=O) groups excluding carboxylic acids is 1. The van der Waals surface area contributed by atoms with E-state index in [2.05, 4.69) is 34.6 Å². The highest BCUT2D eigenvalue weighted by atomic mass is 32.1. The van der Waals surface area contributed by atoms with Gasteiger partial charge in [-0.2, -0.15) is 0 Å². The molecule has 1 unspecified atom stereocenters. The number of aromatic nitrogens is 1. The molecule has 0 amide bonds. The van der Waals surface area contributed by atoms with Gasteiger partial charge in [-0.05, 0) is 24.5 Å². The molecule has 0 saturated heterocycles. The predicted molar refractivity (Wildman–Crippen MR) is 83.8 cm³/mol. The Morgan fingerprint density at radius 2 is 2.33 bits per heavy atom. The Morgan fingerprint density at radius 3 is 3.14 bits per heavy atom. The zero-order chi connectivity index (χ0) is 14.7. The number of hydrogen-bond acceptors (Lipinski definition) is 5. The minimum absolute atomic E-state index is 0.220. The van der Waals surface area contributed by atoms with E-state index in [0.717, 1.165) is 23.8 Å². The Kier molecular flexibility index (Phi) is 4.20. The van der Waals surface area contributed by atoms with E-state index >= 15 is 0 Å². The number of esters is 1. The van der Waals surface area contributed by atoms with Crippen molar-refractivity contribution < 1.29 is 9.53 Å². The number of nitrogens with zero attached hydrogens (tertiary/aromatic N) is 1. The standard InChI is InChI=1S/C16H18N2O2S/c1-2-20-15(19)8-13-10-21-16(18-13)17-9-12-7-11-5-3-4-6-14(11)12/h3-6,10,12H,2,7-9H2,1H3,(H,17,18). The number of nitrogens with one attached hydrogen (secondary N) is 1. The lowest BCUT2D eigenvalue weighted by Crippen LogP contribution is -2.24. The molecule has 1 aliphatic rings. The molecule has 1 aromatic heterocycles. The van der Waals surface area contributed by atoms with Gasteiger partial charge in [-0.15, -0.1) is 11.3 Å². The molecule has 2 aromatic rings. The predicted octanol–water partition coefficient (Wildman–Crippen LogP) is 3.00. The molecule has 1 N–H and O–H groups in total. The molecule has 0 aliphatic heterocycles. The number of rotatable bonds is 6. The van der Waals surface area contributed by atoms with Crippen molar-refractivity contribution in [2.75, 3.05) is 18.5 Å². The fraction of sp³-hybridized carbons (Fsp3) is 0.375. The van der Waals surface area contributed by atoms with Gasteiger partial charge in [0.1, 0.15) is 0 Å². The van der Waals surface area contributed by atoms with Crippen molar-refractivity contribution in [1.82, 2.24) is 4.98 Å². The van der Waals surface area contributed by atoms with Gasteiger partial charge in [0.2, 0.25) is 0 Å². The van der Waals surface area contributed by atoms with Gasteiger partial charge in [-0.1, -0.05) is 24.3 Å². The zero-order valence-corrected chi connectivity index (χ0v) is 12.8. The molecule has 0 fully saturated rings. The van der Waals surface area contributed by atoms with Crippen LogP contribution in [-0.4, -0.2) is 24.1 Å². The number of thiazole rings is 1. The lowest BCUT2D eigenvalue weighted by Gasteiger charge is -2.30. The first-order chi connectivity index (χ1) is 10.3. The molecule has 1 aliphatic carbocycles. The average molecular weight is 302 g/mol. The quantitative estimate of drug-likeness (QED) is 0.833. The van der Waals surface area contributed by atoms with Crippen LogP contribution in [0.3, 0.4) is 0 Å². The first-order valence-electron chi connectivity index (χ1n) is 7.18. The maximum Gasteiger partial charge on any atom is 0.311 e. The highest BCUT2D eigenvalue weighted by Crippen LogP contribution is 2.34. The van der Waals surface area contributed by atoms with Gasteiger partial charge in [0.15, 0.2) is 5.13 Å². The molecule has 3 rings (SSSR count). The fourth-order valence-corrected chi connectivity index (χ4v) is 3.30. The van der Waals surface area contributed by atoms with Gasteiger partial charge in [-0.3, -0.25) is 4.79 Å². The smallest absolute Gasteiger partial charge is 0.311 e. The summed E-state index contributed by atoms with van der Waals surface area (Å²) in [5.41, 5.74) is 3.66. The van der Waals surface area contributed by atoms with E-state index < -0.39 is 0 Å². The van der Waals surface area contributed by atoms with Crippen LogP contribution in [0.1, 0.15) is 29.7 Å². The van der Waals surface area contributed by atoms with Crippen LogP contribution in [0, 0.1) is 0 Å². The van der Waals surface area contributed by atoms with Crippen molar-refractivity contribution in [1.29, 1.82) is 0 Å². The highest BCUT2D eigenvalue weighted by Gasteiger charge is 2.25. The number of fused-ring (bicyclic) bond motifs is 1. The van der Waals surface area contributed by atoms with Crippen molar-refractivity contribution in [3.8, 4) is 0 Å². The lowest BCUT2D eigenvalue weighted by atomic mass is 9.78. The third-order valence-corrected chi connectivity index (χ3v) is 4.49. The molecule has 4 nitrogen and oxygen atoms in total. The zero-order valence-electron chi connectivity index (χ0n) is 12.0. The van der Waals surface area contributed by atoms with E-state index in [-0.39, 0.29) is 12.4 Å². The van der Waals surface area contributed by atoms with Crippen LogP contribution in [0.4, 0.5) is 5.13 Å². The van der Waals surface area contributed by atoms with Crippen LogP contribution in [0.25, 0.3) is 0 Å². The summed E-state index contributed by atoms with van der Waals surface area (Å²) < 4.78 is 4.92. The van der Waals surface area contributed by atoms with Gasteiger partial charge < -0.3 is 10.1 Å². The molecule has 0 radical (unpaired) electrons. The van der Waals surface area contributed by atoms with Crippen molar-refractivity contribution in [3.05, 3.63) is 46.5 Å². The van der Waals surface area contributed by atoms with E-state index in [1.807, 2.05) is 12.3 Å². The topological polar surface area (TPSA) is 51.2 Å². The summed E-state index contributed by atoms with van der Waals surface area (Å²) in [6.45, 7) is 3.11. The number of carbonyl (C=O) groups is 1. The first-order valence-corrected chi connectivity index (χ1v) is 8.06. The summed E-state index contributed by atoms with van der Waals surface area (Å²) in [4.78, 5) is 15.8. The van der Waals surface area contributed by atoms with Crippen molar-refractivity contribution in [3.63, 3.8) is 0 Å². The molecular weight excluding hydrogens is 284 g/mol. The maximum atomic E-state index is 11.4. The van der Waals surface area contributed by atoms with Gasteiger partial charge in [0.05, 0.1) is 18.7 Å². The molecular formula is C16H18N2O2S. The minimum atomic E-state index is -0.220. The molecule has 0 bridgehead atoms. The van der Waals surface area contributed by atoms with Crippen molar-refractivity contribution >= 4 is 22.4 Å². The first kappa shape index (κ1) is 14.1. The second kappa shape index (κ2) is 6.26. The summed E-state index contributed by atoms with van der Waals surface area (Å²) >= 11 is 1.54. The second-order valence-corrected chi connectivity index (χ2v) is 5.96. The van der Waals surface area contributed by atoms with Gasteiger partial charge >= 0.3 is 5.97 Å². The van der Waals surface area contributed by atoms with Crippen LogP contribution in [-0.2, 0) is 22.4 Å². The van der Waals surface area contributed by atoms with E-state index in [4.69, 9.17) is 4.74 Å². The highest BCUT2D eigenvalue weighted by molar-refractivity contribution is 7.13. The summed E-state index contributed by atoms with van der Waals surface area (Å²) in [5, 5.41) is 6.15. The largest absolute Gasteiger partial charge is 0.466 e. The van der Waals surface area contributed by atoms with Crippen LogP contribution < -0.4 is 5.32 Å². The summed E-state index contributed by atoms with van der Waals surface area (Å²) in [7, 11) is 0. The third-order valence-electron chi connectivity index (χ3n) is 3.64. The normalized spacial score (nSPS) is 16.0. The summed E-state index contributed by atoms with van der Waals surface area (Å²) in [6.07, 6.45) is 1.38. The van der Waals surface area contributed by atoms with Gasteiger partial charge in [0.25, 0.3) is 0 Å². The molecule has 1 atom stereocenters. The summed E-state index contributed by atoms with van der Waals surface area (Å²) in [6, 6.07) is 8.56. The molecule has 0 spiro atoms. The van der Waals surface area contributed by atoms with E-state index in [9.17, 15) is 4.79 Å². The molecule has 1 aromatic carbocycles. The van der Waals surface area contributed by atoms with Crippen molar-refractivity contribution in [2.24, 2.45) is 0 Å². The van der Waals surface area contributed by atoms with Crippen LogP contribution in [0.2, 0.25) is 0 Å². The Labute approximate surface area is 128 Å². The van der Waals surface area contributed by atoms with Crippen molar-refractivity contribution in [2.45, 2.75) is 25.7 Å². The monoisotopic (exact) mass is 302 g/mol. The minimum Gasteiger partial charge on any atom is -0.466 e. The molecule has 110 valence electrons. The molecule has 21 heavy (non-hydrogen) atoms. The third kappa shape index (κ3) is 3.24. The van der Waals surface area contributed by atoms with E-state index in [1.165, 1.54) is 22.5 Å². The fourth-order valence-electron chi connectivity index (χ4n) is 2.58. The van der Waals surface area contributed by atoms with Crippen LogP contribution in [0.5, 0.6) is 0 Å². The van der Waals surface area contributed by atoms with Gasteiger partial charge in [0, 0.05) is 17.8 Å². The second-order valence-electron chi connectivity index (χ2n) is 5.11. The van der Waals surface area contributed by atoms with Crippen LogP contribution in [0.15, 0.2) is 29.6 Å². The Hall–Kier alpha value is -1.88. The summed E-state index contributed by atoms with van der Waals surface area (Å²) in [5.74, 6) is 0.348. The number of anilines is 1. The Morgan fingerprint density at radius 1 is 1.48 bits per heavy atom. The maximum absolute atomic E-state index is 11.4. The Bertz CT molecular complexity index is 639. The molecule has 1 heterocycles. The van der Waals surface area contributed by atoms with E-state index in [0.29, 0.717) is 12.5 Å².